The van der Waals surface area contributed by atoms with Gasteiger partial charge < -0.3 is 11.1 Å². The molecule has 2 nitrogen and oxygen atoms in total. The van der Waals surface area contributed by atoms with Crippen LogP contribution in [0, 0.1) is 12.8 Å². The van der Waals surface area contributed by atoms with E-state index >= 15 is 0 Å². The fourth-order valence-corrected chi connectivity index (χ4v) is 3.39. The van der Waals surface area contributed by atoms with E-state index in [1.54, 1.807) is 0 Å². The Bertz CT molecular complexity index is 302. The molecular formula is C11H18N2S. The summed E-state index contributed by atoms with van der Waals surface area (Å²) < 4.78 is 0. The molecule has 3 N–H and O–H groups in total. The van der Waals surface area contributed by atoms with Gasteiger partial charge in [-0.05, 0) is 49.7 Å². The second kappa shape index (κ2) is 4.01. The zero-order valence-corrected chi connectivity index (χ0v) is 9.60. The van der Waals surface area contributed by atoms with Gasteiger partial charge in [0, 0.05) is 17.0 Å². The minimum absolute atomic E-state index is 0.441. The van der Waals surface area contributed by atoms with Gasteiger partial charge in [0.05, 0.1) is 0 Å². The maximum Gasteiger partial charge on any atom is 0.0444 e. The summed E-state index contributed by atoms with van der Waals surface area (Å²) in [6, 6.07) is 3.16. The van der Waals surface area contributed by atoms with Crippen LogP contribution in [0.4, 0.5) is 0 Å². The number of nitrogens with two attached hydrogens (primary N) is 1. The molecule has 3 heteroatoms. The maximum absolute atomic E-state index is 5.83. The molecule has 1 atom stereocenters. The summed E-state index contributed by atoms with van der Waals surface area (Å²) in [6.45, 7) is 2.19. The summed E-state index contributed by atoms with van der Waals surface area (Å²) >= 11 is 1.86. The molecule has 1 heterocycles. The van der Waals surface area contributed by atoms with Crippen molar-refractivity contribution in [1.29, 1.82) is 0 Å². The third-order valence-electron chi connectivity index (χ3n) is 3.18. The summed E-state index contributed by atoms with van der Waals surface area (Å²) in [7, 11) is 2.05. The molecular weight excluding hydrogens is 192 g/mol. The number of rotatable bonds is 3. The standard InChI is InChI=1S/C11H18N2S/c1-7-3-4-14-11(7)10(13-2)8-5-9(12)6-8/h3-4,8-10,13H,5-6,12H2,1-2H3. The minimum Gasteiger partial charge on any atom is -0.328 e. The first-order valence-corrected chi connectivity index (χ1v) is 6.07. The van der Waals surface area contributed by atoms with Gasteiger partial charge in [-0.25, -0.2) is 0 Å². The van der Waals surface area contributed by atoms with E-state index in [2.05, 4.69) is 23.7 Å². The fraction of sp³-hybridized carbons (Fsp3) is 0.636. The van der Waals surface area contributed by atoms with Crippen molar-refractivity contribution in [2.45, 2.75) is 31.8 Å². The third kappa shape index (κ3) is 1.72. The Morgan fingerprint density at radius 1 is 1.57 bits per heavy atom. The number of nitrogens with one attached hydrogen (secondary N) is 1. The molecule has 78 valence electrons. The van der Waals surface area contributed by atoms with E-state index in [1.807, 2.05) is 18.4 Å². The van der Waals surface area contributed by atoms with Crippen LogP contribution in [0.1, 0.15) is 29.3 Å². The zero-order chi connectivity index (χ0) is 10.1. The predicted molar refractivity (Wildman–Crippen MR) is 61.6 cm³/mol. The Morgan fingerprint density at radius 2 is 2.29 bits per heavy atom. The van der Waals surface area contributed by atoms with Gasteiger partial charge in [-0.2, -0.15) is 0 Å². The van der Waals surface area contributed by atoms with E-state index in [0.717, 1.165) is 5.92 Å². The second-order valence-corrected chi connectivity index (χ2v) is 5.17. The van der Waals surface area contributed by atoms with Crippen LogP contribution >= 0.6 is 11.3 Å². The van der Waals surface area contributed by atoms with Crippen LogP contribution in [0.3, 0.4) is 0 Å². The quantitative estimate of drug-likeness (QED) is 0.801. The van der Waals surface area contributed by atoms with Crippen molar-refractivity contribution in [3.8, 4) is 0 Å². The molecule has 0 saturated heterocycles. The van der Waals surface area contributed by atoms with Crippen molar-refractivity contribution < 1.29 is 0 Å². The van der Waals surface area contributed by atoms with Gasteiger partial charge in [-0.1, -0.05) is 0 Å². The highest BCUT2D eigenvalue weighted by Gasteiger charge is 2.33. The molecule has 0 spiro atoms. The molecule has 0 aliphatic heterocycles. The van der Waals surface area contributed by atoms with Crippen molar-refractivity contribution in [2.75, 3.05) is 7.05 Å². The highest BCUT2D eigenvalue weighted by Crippen LogP contribution is 2.39. The maximum atomic E-state index is 5.83. The van der Waals surface area contributed by atoms with Crippen LogP contribution in [-0.4, -0.2) is 13.1 Å². The normalized spacial score (nSPS) is 28.5. The molecule has 1 fully saturated rings. The van der Waals surface area contributed by atoms with Crippen molar-refractivity contribution in [3.05, 3.63) is 21.9 Å². The fourth-order valence-electron chi connectivity index (χ4n) is 2.26. The number of thiophene rings is 1. The lowest BCUT2D eigenvalue weighted by molar-refractivity contribution is 0.206. The molecule has 0 amide bonds. The molecule has 1 aliphatic carbocycles. The Morgan fingerprint density at radius 3 is 2.71 bits per heavy atom. The van der Waals surface area contributed by atoms with Crippen molar-refractivity contribution >= 4 is 11.3 Å². The molecule has 1 saturated carbocycles. The molecule has 2 rings (SSSR count). The van der Waals surface area contributed by atoms with Gasteiger partial charge in [0.1, 0.15) is 0 Å². The van der Waals surface area contributed by atoms with Gasteiger partial charge in [-0.3, -0.25) is 0 Å². The first-order valence-electron chi connectivity index (χ1n) is 5.19. The van der Waals surface area contributed by atoms with Crippen LogP contribution in [-0.2, 0) is 0 Å². The largest absolute Gasteiger partial charge is 0.328 e. The average Bonchev–Trinajstić information content (AvgIpc) is 2.51. The van der Waals surface area contributed by atoms with Gasteiger partial charge >= 0.3 is 0 Å². The highest BCUT2D eigenvalue weighted by molar-refractivity contribution is 7.10. The number of hydrogen-bond donors (Lipinski definition) is 2. The predicted octanol–water partition coefficient (Wildman–Crippen LogP) is 2.05. The first-order chi connectivity index (χ1) is 6.72. The Kier molecular flexibility index (Phi) is 2.91. The third-order valence-corrected chi connectivity index (χ3v) is 4.28. The van der Waals surface area contributed by atoms with Gasteiger partial charge in [0.15, 0.2) is 0 Å². The topological polar surface area (TPSA) is 38.0 Å². The van der Waals surface area contributed by atoms with Gasteiger partial charge in [0.25, 0.3) is 0 Å². The Balaban J connectivity index is 2.10. The lowest BCUT2D eigenvalue weighted by atomic mass is 9.75. The molecule has 1 unspecified atom stereocenters. The minimum atomic E-state index is 0.441. The molecule has 0 aromatic carbocycles. The summed E-state index contributed by atoms with van der Waals surface area (Å²) in [5.41, 5.74) is 7.24. The van der Waals surface area contributed by atoms with Gasteiger partial charge in [0.2, 0.25) is 0 Å². The van der Waals surface area contributed by atoms with E-state index in [1.165, 1.54) is 23.3 Å². The van der Waals surface area contributed by atoms with Crippen molar-refractivity contribution in [2.24, 2.45) is 11.7 Å². The van der Waals surface area contributed by atoms with Crippen molar-refractivity contribution in [1.82, 2.24) is 5.32 Å². The summed E-state index contributed by atoms with van der Waals surface area (Å²) in [5, 5.41) is 5.60. The van der Waals surface area contributed by atoms with E-state index in [0.29, 0.717) is 12.1 Å². The van der Waals surface area contributed by atoms with Crippen LogP contribution < -0.4 is 11.1 Å². The molecule has 14 heavy (non-hydrogen) atoms. The van der Waals surface area contributed by atoms with Crippen molar-refractivity contribution in [3.63, 3.8) is 0 Å². The molecule has 1 aliphatic rings. The number of hydrogen-bond acceptors (Lipinski definition) is 3. The lowest BCUT2D eigenvalue weighted by Crippen LogP contribution is -2.42. The SMILES string of the molecule is CNC(c1sccc1C)C1CC(N)C1. The van der Waals surface area contributed by atoms with E-state index in [9.17, 15) is 0 Å². The Labute approximate surface area is 89.5 Å². The smallest absolute Gasteiger partial charge is 0.0444 e. The van der Waals surface area contributed by atoms with Crippen LogP contribution in [0.25, 0.3) is 0 Å². The van der Waals surface area contributed by atoms with E-state index < -0.39 is 0 Å². The van der Waals surface area contributed by atoms with Crippen LogP contribution in [0.15, 0.2) is 11.4 Å². The second-order valence-electron chi connectivity index (χ2n) is 4.23. The zero-order valence-electron chi connectivity index (χ0n) is 8.79. The molecule has 1 aromatic heterocycles. The summed E-state index contributed by atoms with van der Waals surface area (Å²) in [6.07, 6.45) is 2.34. The Hall–Kier alpha value is -0.380. The van der Waals surface area contributed by atoms with Crippen LogP contribution in [0.2, 0.25) is 0 Å². The summed E-state index contributed by atoms with van der Waals surface area (Å²) in [5.74, 6) is 0.743. The monoisotopic (exact) mass is 210 g/mol. The molecule has 0 bridgehead atoms. The van der Waals surface area contributed by atoms with Gasteiger partial charge in [-0.15, -0.1) is 11.3 Å². The lowest BCUT2D eigenvalue weighted by Gasteiger charge is -2.38. The number of aryl methyl sites for hydroxylation is 1. The average molecular weight is 210 g/mol. The van der Waals surface area contributed by atoms with E-state index in [4.69, 9.17) is 5.73 Å². The highest BCUT2D eigenvalue weighted by atomic mass is 32.1. The molecule has 1 aromatic rings. The molecule has 0 radical (unpaired) electrons. The van der Waals surface area contributed by atoms with Crippen LogP contribution in [0.5, 0.6) is 0 Å². The first kappa shape index (κ1) is 10.1. The van der Waals surface area contributed by atoms with E-state index in [-0.39, 0.29) is 0 Å². The summed E-state index contributed by atoms with van der Waals surface area (Å²) in [4.78, 5) is 1.49.